The van der Waals surface area contributed by atoms with E-state index in [4.69, 9.17) is 19.9 Å². The molecular weight excluding hydrogens is 445 g/mol. The number of rotatable bonds is 8. The quantitative estimate of drug-likeness (QED) is 0.266. The average Bonchev–Trinajstić information content (AvgIpc) is 2.65. The lowest BCUT2D eigenvalue weighted by molar-refractivity contribution is 0.354. The van der Waals surface area contributed by atoms with Gasteiger partial charge in [-0.15, -0.1) is 24.0 Å². The predicted molar refractivity (Wildman–Crippen MR) is 116 cm³/mol. The number of ether oxygens (including phenoxy) is 3. The molecule has 0 radical (unpaired) electrons. The number of nitrogens with zero attached hydrogens (tertiary/aromatic N) is 1. The van der Waals surface area contributed by atoms with Crippen LogP contribution in [-0.2, 0) is 6.42 Å². The van der Waals surface area contributed by atoms with Crippen LogP contribution in [-0.4, -0.2) is 33.8 Å². The van der Waals surface area contributed by atoms with Gasteiger partial charge in [0, 0.05) is 6.54 Å². The number of anilines is 1. The van der Waals surface area contributed by atoms with E-state index in [2.05, 4.69) is 10.3 Å². The molecule has 2 rings (SSSR count). The predicted octanol–water partition coefficient (Wildman–Crippen LogP) is 3.69. The molecule has 0 heterocycles. The topological polar surface area (TPSA) is 78.1 Å². The molecule has 0 aliphatic heterocycles. The molecule has 0 fully saturated rings. The van der Waals surface area contributed by atoms with Crippen LogP contribution in [0.25, 0.3) is 0 Å². The van der Waals surface area contributed by atoms with E-state index in [1.165, 1.54) is 5.56 Å². The van der Waals surface area contributed by atoms with Gasteiger partial charge in [-0.1, -0.05) is 18.2 Å². The van der Waals surface area contributed by atoms with Crippen molar-refractivity contribution in [1.82, 2.24) is 0 Å². The summed E-state index contributed by atoms with van der Waals surface area (Å²) in [5, 5.41) is 3.06. The lowest BCUT2D eigenvalue weighted by Crippen LogP contribution is -2.23. The largest absolute Gasteiger partial charge is 0.495 e. The molecule has 0 saturated carbocycles. The maximum absolute atomic E-state index is 5.94. The monoisotopic (exact) mass is 471 g/mol. The maximum atomic E-state index is 5.94. The summed E-state index contributed by atoms with van der Waals surface area (Å²) in [5.74, 6) is 2.57. The molecular formula is C19H26IN3O3. The van der Waals surface area contributed by atoms with Crippen LogP contribution in [0.5, 0.6) is 17.2 Å². The van der Waals surface area contributed by atoms with E-state index in [0.29, 0.717) is 12.5 Å². The first-order valence-corrected chi connectivity index (χ1v) is 8.08. The number of hydrogen-bond acceptors (Lipinski definition) is 4. The molecule has 2 aromatic rings. The minimum Gasteiger partial charge on any atom is -0.495 e. The number of aryl methyl sites for hydroxylation is 1. The zero-order valence-electron chi connectivity index (χ0n) is 15.3. The summed E-state index contributed by atoms with van der Waals surface area (Å²) in [5.41, 5.74) is 7.91. The van der Waals surface area contributed by atoms with Crippen molar-refractivity contribution >= 4 is 35.6 Å². The Hall–Kier alpha value is -2.16. The van der Waals surface area contributed by atoms with E-state index >= 15 is 0 Å². The van der Waals surface area contributed by atoms with Crippen LogP contribution in [0.3, 0.4) is 0 Å². The van der Waals surface area contributed by atoms with E-state index in [9.17, 15) is 0 Å². The van der Waals surface area contributed by atoms with Gasteiger partial charge in [0.15, 0.2) is 17.5 Å². The Bertz CT molecular complexity index is 723. The fraction of sp³-hybridized carbons (Fsp3) is 0.316. The van der Waals surface area contributed by atoms with Crippen LogP contribution < -0.4 is 25.3 Å². The summed E-state index contributed by atoms with van der Waals surface area (Å²) in [6.45, 7) is 0.627. The fourth-order valence-corrected chi connectivity index (χ4v) is 2.44. The lowest BCUT2D eigenvalue weighted by atomic mass is 10.1. The summed E-state index contributed by atoms with van der Waals surface area (Å²) in [6, 6.07) is 13.5. The van der Waals surface area contributed by atoms with Crippen molar-refractivity contribution in [2.75, 3.05) is 33.2 Å². The third-order valence-corrected chi connectivity index (χ3v) is 3.72. The molecule has 0 amide bonds. The molecule has 0 unspecified atom stereocenters. The number of aliphatic imine (C=N–C) groups is 1. The standard InChI is InChI=1S/C19H25N3O3.HI/c1-23-16-9-5-4-8-15(16)22-19(20)21-12-6-7-14-10-11-17(24-2)18(13-14)25-3;/h4-5,8-11,13H,6-7,12H2,1-3H3,(H3,20,21,22);1H. The first-order valence-electron chi connectivity index (χ1n) is 8.08. The van der Waals surface area contributed by atoms with Gasteiger partial charge in [0.2, 0.25) is 0 Å². The molecule has 3 N–H and O–H groups in total. The smallest absolute Gasteiger partial charge is 0.193 e. The number of nitrogens with one attached hydrogen (secondary N) is 1. The summed E-state index contributed by atoms with van der Waals surface area (Å²) in [7, 11) is 4.89. The highest BCUT2D eigenvalue weighted by Gasteiger charge is 2.05. The zero-order chi connectivity index (χ0) is 18.1. The van der Waals surface area contributed by atoms with Gasteiger partial charge in [0.25, 0.3) is 0 Å². The van der Waals surface area contributed by atoms with Gasteiger partial charge in [-0.3, -0.25) is 4.99 Å². The molecule has 0 saturated heterocycles. The van der Waals surface area contributed by atoms with Crippen LogP contribution in [0.2, 0.25) is 0 Å². The first kappa shape index (κ1) is 21.9. The number of benzene rings is 2. The van der Waals surface area contributed by atoms with Crippen molar-refractivity contribution < 1.29 is 14.2 Å². The summed E-state index contributed by atoms with van der Waals surface area (Å²) in [4.78, 5) is 4.36. The van der Waals surface area contributed by atoms with Gasteiger partial charge in [0.1, 0.15) is 5.75 Å². The first-order chi connectivity index (χ1) is 12.2. The van der Waals surface area contributed by atoms with Gasteiger partial charge >= 0.3 is 0 Å². The number of guanidine groups is 1. The van der Waals surface area contributed by atoms with Crippen LogP contribution >= 0.6 is 24.0 Å². The third kappa shape index (κ3) is 6.29. The second kappa shape index (κ2) is 11.5. The van der Waals surface area contributed by atoms with Crippen molar-refractivity contribution in [3.8, 4) is 17.2 Å². The van der Waals surface area contributed by atoms with E-state index in [1.54, 1.807) is 21.3 Å². The normalized spacial score (nSPS) is 10.7. The van der Waals surface area contributed by atoms with Crippen molar-refractivity contribution in [1.29, 1.82) is 0 Å². The molecule has 0 aromatic heterocycles. The minimum atomic E-state index is 0. The molecule has 2 aromatic carbocycles. The molecule has 0 bridgehead atoms. The highest BCUT2D eigenvalue weighted by atomic mass is 127. The van der Waals surface area contributed by atoms with Crippen molar-refractivity contribution in [2.45, 2.75) is 12.8 Å². The molecule has 0 atom stereocenters. The molecule has 6 nitrogen and oxygen atoms in total. The summed E-state index contributed by atoms with van der Waals surface area (Å²) in [6.07, 6.45) is 1.76. The van der Waals surface area contributed by atoms with Crippen molar-refractivity contribution in [3.05, 3.63) is 48.0 Å². The van der Waals surface area contributed by atoms with E-state index < -0.39 is 0 Å². The summed E-state index contributed by atoms with van der Waals surface area (Å²) >= 11 is 0. The van der Waals surface area contributed by atoms with Crippen molar-refractivity contribution in [3.63, 3.8) is 0 Å². The van der Waals surface area contributed by atoms with Crippen molar-refractivity contribution in [2.24, 2.45) is 10.7 Å². The molecule has 0 spiro atoms. The number of para-hydroxylation sites is 2. The van der Waals surface area contributed by atoms with Crippen LogP contribution in [0.4, 0.5) is 5.69 Å². The van der Waals surface area contributed by atoms with Gasteiger partial charge in [-0.25, -0.2) is 0 Å². The fourth-order valence-electron chi connectivity index (χ4n) is 2.44. The Kier molecular flexibility index (Phi) is 9.64. The Morgan fingerprint density at radius 2 is 1.65 bits per heavy atom. The van der Waals surface area contributed by atoms with Gasteiger partial charge in [0.05, 0.1) is 27.0 Å². The summed E-state index contributed by atoms with van der Waals surface area (Å²) < 4.78 is 15.8. The number of nitrogens with two attached hydrogens (primary N) is 1. The molecule has 0 aliphatic carbocycles. The molecule has 7 heteroatoms. The second-order valence-corrected chi connectivity index (χ2v) is 5.39. The highest BCUT2D eigenvalue weighted by molar-refractivity contribution is 14.0. The highest BCUT2D eigenvalue weighted by Crippen LogP contribution is 2.28. The number of methoxy groups -OCH3 is 3. The second-order valence-electron chi connectivity index (χ2n) is 5.39. The third-order valence-electron chi connectivity index (χ3n) is 3.72. The Morgan fingerprint density at radius 3 is 2.35 bits per heavy atom. The van der Waals surface area contributed by atoms with E-state index in [-0.39, 0.29) is 24.0 Å². The van der Waals surface area contributed by atoms with Gasteiger partial charge in [-0.2, -0.15) is 0 Å². The SMILES string of the molecule is COc1ccccc1NC(N)=NCCCc1ccc(OC)c(OC)c1.I. The number of halogens is 1. The van der Waals surface area contributed by atoms with Gasteiger partial charge in [-0.05, 0) is 42.7 Å². The lowest BCUT2D eigenvalue weighted by Gasteiger charge is -2.10. The van der Waals surface area contributed by atoms with Gasteiger partial charge < -0.3 is 25.3 Å². The van der Waals surface area contributed by atoms with E-state index in [0.717, 1.165) is 35.8 Å². The number of hydrogen-bond donors (Lipinski definition) is 2. The Labute approximate surface area is 171 Å². The molecule has 26 heavy (non-hydrogen) atoms. The average molecular weight is 471 g/mol. The van der Waals surface area contributed by atoms with Crippen LogP contribution in [0.1, 0.15) is 12.0 Å². The van der Waals surface area contributed by atoms with Crippen LogP contribution in [0, 0.1) is 0 Å². The Morgan fingerprint density at radius 1 is 0.962 bits per heavy atom. The van der Waals surface area contributed by atoms with E-state index in [1.807, 2.05) is 42.5 Å². The molecule has 0 aliphatic rings. The maximum Gasteiger partial charge on any atom is 0.193 e. The molecule has 142 valence electrons. The zero-order valence-corrected chi connectivity index (χ0v) is 17.7. The van der Waals surface area contributed by atoms with Crippen LogP contribution in [0.15, 0.2) is 47.5 Å². The minimum absolute atomic E-state index is 0. The Balaban J connectivity index is 0.00000338.